The Kier molecular flexibility index (Phi) is 7.78. The number of aromatic nitrogens is 3. The molecule has 4 heteroatoms. The lowest BCUT2D eigenvalue weighted by Crippen LogP contribution is -1.96. The largest absolute Gasteiger partial charge is 0.455 e. The van der Waals surface area contributed by atoms with E-state index in [0.717, 1.165) is 99.6 Å². The highest BCUT2D eigenvalue weighted by atomic mass is 16.3. The zero-order valence-corrected chi connectivity index (χ0v) is 30.8. The van der Waals surface area contributed by atoms with Crippen LogP contribution in [0.2, 0.25) is 0 Å². The normalized spacial score (nSPS) is 11.5. The molecule has 0 fully saturated rings. The molecule has 266 valence electrons. The fourth-order valence-electron chi connectivity index (χ4n) is 8.13. The number of rotatable bonds is 6. The van der Waals surface area contributed by atoms with Gasteiger partial charge in [-0.2, -0.15) is 0 Å². The molecule has 0 spiro atoms. The van der Waals surface area contributed by atoms with Gasteiger partial charge in [-0.25, -0.2) is 15.0 Å². The van der Waals surface area contributed by atoms with Crippen LogP contribution in [0.5, 0.6) is 0 Å². The van der Waals surface area contributed by atoms with Crippen LogP contribution in [0.3, 0.4) is 0 Å². The molecule has 11 rings (SSSR count). The minimum absolute atomic E-state index is 0.677. The second-order valence-electron chi connectivity index (χ2n) is 14.3. The van der Waals surface area contributed by atoms with Gasteiger partial charge in [0.05, 0.1) is 22.6 Å². The first-order valence-electron chi connectivity index (χ1n) is 19.2. The maximum Gasteiger partial charge on any atom is 0.160 e. The molecular formula is C53H33N3O. The summed E-state index contributed by atoms with van der Waals surface area (Å²) in [6.45, 7) is 0. The molecule has 0 atom stereocenters. The molecule has 0 saturated carbocycles. The van der Waals surface area contributed by atoms with E-state index in [1.165, 1.54) is 5.56 Å². The van der Waals surface area contributed by atoms with Crippen LogP contribution in [0.1, 0.15) is 0 Å². The molecule has 0 aliphatic rings. The standard InChI is InChI=1S/C53H33N3O/c1-4-15-34(16-5-1)35-27-29-36(30-28-35)46-33-47(56-53(55-46)38-19-8-3-9-20-38)40-22-14-21-39(31-40)43-32-44-49(50-42-24-11-13-26-48(42)57-52(43)50)41-23-10-12-25-45(41)54-51(44)37-17-6-2-7-18-37/h1-33H. The summed E-state index contributed by atoms with van der Waals surface area (Å²) < 4.78 is 6.84. The predicted octanol–water partition coefficient (Wildman–Crippen LogP) is 14.1. The number of hydrogen-bond donors (Lipinski definition) is 0. The predicted molar refractivity (Wildman–Crippen MR) is 235 cm³/mol. The number of benzene rings is 8. The molecule has 0 aliphatic carbocycles. The summed E-state index contributed by atoms with van der Waals surface area (Å²) in [4.78, 5) is 15.6. The zero-order chi connectivity index (χ0) is 37.7. The Hall–Kier alpha value is -7.69. The van der Waals surface area contributed by atoms with Crippen molar-refractivity contribution < 1.29 is 4.42 Å². The number of pyridine rings is 1. The van der Waals surface area contributed by atoms with Crippen molar-refractivity contribution in [3.8, 4) is 67.4 Å². The van der Waals surface area contributed by atoms with Crippen LogP contribution in [0, 0.1) is 0 Å². The molecule has 0 aliphatic heterocycles. The second kappa shape index (κ2) is 13.6. The molecule has 3 heterocycles. The molecule has 57 heavy (non-hydrogen) atoms. The van der Waals surface area contributed by atoms with Crippen molar-refractivity contribution in [3.63, 3.8) is 0 Å². The van der Waals surface area contributed by atoms with Gasteiger partial charge in [-0.15, -0.1) is 0 Å². The van der Waals surface area contributed by atoms with Gasteiger partial charge in [-0.1, -0.05) is 170 Å². The second-order valence-corrected chi connectivity index (χ2v) is 14.3. The van der Waals surface area contributed by atoms with Crippen LogP contribution in [0.15, 0.2) is 205 Å². The molecule has 0 N–H and O–H groups in total. The first-order chi connectivity index (χ1) is 28.2. The molecule has 3 aromatic heterocycles. The minimum atomic E-state index is 0.677. The van der Waals surface area contributed by atoms with Gasteiger partial charge in [0, 0.05) is 54.7 Å². The smallest absolute Gasteiger partial charge is 0.160 e. The summed E-state index contributed by atoms with van der Waals surface area (Å²) in [6.07, 6.45) is 0. The summed E-state index contributed by atoms with van der Waals surface area (Å²) >= 11 is 0. The maximum absolute atomic E-state index is 6.84. The highest BCUT2D eigenvalue weighted by Crippen LogP contribution is 2.46. The molecule has 0 bridgehead atoms. The Labute approximate surface area is 329 Å². The fraction of sp³-hybridized carbons (Fsp3) is 0. The lowest BCUT2D eigenvalue weighted by atomic mass is 9.91. The highest BCUT2D eigenvalue weighted by molar-refractivity contribution is 6.30. The van der Waals surface area contributed by atoms with Crippen molar-refractivity contribution in [2.75, 3.05) is 0 Å². The van der Waals surface area contributed by atoms with Crippen molar-refractivity contribution in [2.45, 2.75) is 0 Å². The lowest BCUT2D eigenvalue weighted by molar-refractivity contribution is 0.670. The average molecular weight is 728 g/mol. The van der Waals surface area contributed by atoms with Crippen LogP contribution < -0.4 is 0 Å². The number of nitrogens with zero attached hydrogens (tertiary/aromatic N) is 3. The van der Waals surface area contributed by atoms with E-state index >= 15 is 0 Å². The molecule has 0 radical (unpaired) electrons. The Bertz CT molecular complexity index is 3260. The van der Waals surface area contributed by atoms with E-state index in [9.17, 15) is 0 Å². The third-order valence-corrected chi connectivity index (χ3v) is 10.9. The summed E-state index contributed by atoms with van der Waals surface area (Å²) in [7, 11) is 0. The van der Waals surface area contributed by atoms with E-state index in [0.29, 0.717) is 5.82 Å². The van der Waals surface area contributed by atoms with E-state index in [1.807, 2.05) is 36.4 Å². The third-order valence-electron chi connectivity index (χ3n) is 10.9. The van der Waals surface area contributed by atoms with Gasteiger partial charge in [0.2, 0.25) is 0 Å². The van der Waals surface area contributed by atoms with E-state index in [1.54, 1.807) is 0 Å². The Morgan fingerprint density at radius 1 is 0.333 bits per heavy atom. The molecule has 11 aromatic rings. The highest BCUT2D eigenvalue weighted by Gasteiger charge is 2.22. The number of hydrogen-bond acceptors (Lipinski definition) is 4. The third kappa shape index (κ3) is 5.74. The van der Waals surface area contributed by atoms with Crippen molar-refractivity contribution in [3.05, 3.63) is 200 Å². The van der Waals surface area contributed by atoms with Crippen LogP contribution in [0.4, 0.5) is 0 Å². The van der Waals surface area contributed by atoms with Gasteiger partial charge >= 0.3 is 0 Å². The van der Waals surface area contributed by atoms with Crippen molar-refractivity contribution in [1.29, 1.82) is 0 Å². The first kappa shape index (κ1) is 32.7. The lowest BCUT2D eigenvalue weighted by Gasteiger charge is -2.14. The Balaban J connectivity index is 1.13. The molecular weight excluding hydrogens is 695 g/mol. The number of para-hydroxylation sites is 2. The first-order valence-corrected chi connectivity index (χ1v) is 19.2. The summed E-state index contributed by atoms with van der Waals surface area (Å²) in [6, 6.07) is 69.5. The van der Waals surface area contributed by atoms with Gasteiger partial charge in [-0.3, -0.25) is 0 Å². The Morgan fingerprint density at radius 2 is 0.895 bits per heavy atom. The van der Waals surface area contributed by atoms with Crippen LogP contribution in [0.25, 0.3) is 111 Å². The minimum Gasteiger partial charge on any atom is -0.455 e. The average Bonchev–Trinajstić information content (AvgIpc) is 3.69. The summed E-state index contributed by atoms with van der Waals surface area (Å²) in [5, 5.41) is 5.49. The van der Waals surface area contributed by atoms with Gasteiger partial charge in [0.1, 0.15) is 11.2 Å². The topological polar surface area (TPSA) is 51.8 Å². The monoisotopic (exact) mass is 727 g/mol. The summed E-state index contributed by atoms with van der Waals surface area (Å²) in [5.41, 5.74) is 13.7. The number of furan rings is 1. The molecule has 0 saturated heterocycles. The quantitative estimate of drug-likeness (QED) is 0.160. The van der Waals surface area contributed by atoms with Crippen LogP contribution in [-0.4, -0.2) is 15.0 Å². The van der Waals surface area contributed by atoms with Crippen molar-refractivity contribution in [1.82, 2.24) is 15.0 Å². The maximum atomic E-state index is 6.84. The van der Waals surface area contributed by atoms with Gasteiger partial charge < -0.3 is 4.42 Å². The van der Waals surface area contributed by atoms with Crippen LogP contribution >= 0.6 is 0 Å². The Morgan fingerprint density at radius 3 is 1.65 bits per heavy atom. The van der Waals surface area contributed by atoms with Crippen molar-refractivity contribution >= 4 is 43.6 Å². The molecule has 4 nitrogen and oxygen atoms in total. The molecule has 0 amide bonds. The molecule has 0 unspecified atom stereocenters. The van der Waals surface area contributed by atoms with E-state index in [2.05, 4.69) is 164 Å². The van der Waals surface area contributed by atoms with E-state index < -0.39 is 0 Å². The SMILES string of the molecule is c1ccc(-c2ccc(-c3cc(-c4cccc(-c5cc6c(-c7ccccc7)nc7ccccc7c6c6c5oc5ccccc56)c4)nc(-c4ccccc4)n3)cc2)cc1. The van der Waals surface area contributed by atoms with E-state index in [4.69, 9.17) is 19.4 Å². The number of fused-ring (bicyclic) bond motifs is 7. The van der Waals surface area contributed by atoms with Gasteiger partial charge in [0.25, 0.3) is 0 Å². The molecule has 8 aromatic carbocycles. The zero-order valence-electron chi connectivity index (χ0n) is 30.8. The van der Waals surface area contributed by atoms with Crippen LogP contribution in [-0.2, 0) is 0 Å². The fourth-order valence-corrected chi connectivity index (χ4v) is 8.13. The van der Waals surface area contributed by atoms with Gasteiger partial charge in [-0.05, 0) is 47.0 Å². The van der Waals surface area contributed by atoms with Crippen molar-refractivity contribution in [2.24, 2.45) is 0 Å². The van der Waals surface area contributed by atoms with Gasteiger partial charge in [0.15, 0.2) is 5.82 Å². The van der Waals surface area contributed by atoms with E-state index in [-0.39, 0.29) is 0 Å². The summed E-state index contributed by atoms with van der Waals surface area (Å²) in [5.74, 6) is 0.677.